The zero-order valence-electron chi connectivity index (χ0n) is 17.3. The van der Waals surface area contributed by atoms with Crippen LogP contribution in [0.2, 0.25) is 0 Å². The summed E-state index contributed by atoms with van der Waals surface area (Å²) in [5.74, 6) is 2.23. The molecule has 0 saturated heterocycles. The molecule has 0 bridgehead atoms. The molecular formula is C23H23N3O5. The summed E-state index contributed by atoms with van der Waals surface area (Å²) in [7, 11) is 1.62. The molecule has 2 aromatic carbocycles. The van der Waals surface area contributed by atoms with Crippen LogP contribution in [-0.2, 0) is 16.0 Å². The van der Waals surface area contributed by atoms with Gasteiger partial charge in [0.25, 0.3) is 5.91 Å². The molecule has 4 rings (SSSR count). The van der Waals surface area contributed by atoms with E-state index in [4.69, 9.17) is 13.9 Å². The molecule has 1 unspecified atom stereocenters. The van der Waals surface area contributed by atoms with Crippen molar-refractivity contribution < 1.29 is 23.5 Å². The highest BCUT2D eigenvalue weighted by molar-refractivity contribution is 5.95. The van der Waals surface area contributed by atoms with Crippen molar-refractivity contribution in [2.45, 2.75) is 25.8 Å². The van der Waals surface area contributed by atoms with Crippen LogP contribution in [0.4, 0.5) is 5.69 Å². The van der Waals surface area contributed by atoms with Gasteiger partial charge >= 0.3 is 0 Å². The number of oxazole rings is 1. The van der Waals surface area contributed by atoms with Crippen LogP contribution in [0.3, 0.4) is 0 Å². The van der Waals surface area contributed by atoms with E-state index in [1.165, 1.54) is 0 Å². The summed E-state index contributed by atoms with van der Waals surface area (Å²) in [6, 6.07) is 12.7. The van der Waals surface area contributed by atoms with Crippen molar-refractivity contribution in [3.8, 4) is 22.8 Å². The predicted molar refractivity (Wildman–Crippen MR) is 114 cm³/mol. The number of amides is 2. The largest absolute Gasteiger partial charge is 0.497 e. The average Bonchev–Trinajstić information content (AvgIpc) is 3.26. The smallest absolute Gasteiger partial charge is 0.262 e. The molecule has 2 heterocycles. The van der Waals surface area contributed by atoms with Crippen LogP contribution in [0.25, 0.3) is 11.3 Å². The zero-order chi connectivity index (χ0) is 21.8. The maximum Gasteiger partial charge on any atom is 0.262 e. The maximum atomic E-state index is 12.4. The molecule has 1 aliphatic rings. The first-order valence-corrected chi connectivity index (χ1v) is 9.97. The van der Waals surface area contributed by atoms with Gasteiger partial charge in [0, 0.05) is 18.4 Å². The zero-order valence-corrected chi connectivity index (χ0v) is 17.3. The lowest BCUT2D eigenvalue weighted by atomic mass is 10.1. The molecule has 31 heavy (non-hydrogen) atoms. The standard InChI is InChI=1S/C23H23N3O5/c1-14(16-5-8-19-18(11-16)26-22(28)13-30-19)25-21(27)9-10-23-24-12-20(31-23)15-3-6-17(29-2)7-4-15/h3-8,11-12,14H,9-10,13H2,1-2H3,(H,25,27)(H,26,28). The van der Waals surface area contributed by atoms with Crippen molar-refractivity contribution in [3.63, 3.8) is 0 Å². The van der Waals surface area contributed by atoms with Gasteiger partial charge in [-0.15, -0.1) is 0 Å². The number of methoxy groups -OCH3 is 1. The molecule has 0 saturated carbocycles. The third-order valence-corrected chi connectivity index (χ3v) is 5.01. The number of carbonyl (C=O) groups is 2. The van der Waals surface area contributed by atoms with Crippen molar-refractivity contribution in [1.82, 2.24) is 10.3 Å². The number of ether oxygens (including phenoxy) is 2. The number of carbonyl (C=O) groups excluding carboxylic acids is 2. The molecule has 1 aliphatic heterocycles. The van der Waals surface area contributed by atoms with E-state index in [1.54, 1.807) is 19.4 Å². The topological polar surface area (TPSA) is 103 Å². The summed E-state index contributed by atoms with van der Waals surface area (Å²) in [5.41, 5.74) is 2.37. The molecular weight excluding hydrogens is 398 g/mol. The quantitative estimate of drug-likeness (QED) is 0.605. The fraction of sp³-hybridized carbons (Fsp3) is 0.261. The van der Waals surface area contributed by atoms with Gasteiger partial charge in [0.15, 0.2) is 18.3 Å². The number of nitrogens with zero attached hydrogens (tertiary/aromatic N) is 1. The Morgan fingerprint density at radius 3 is 2.84 bits per heavy atom. The molecule has 1 atom stereocenters. The van der Waals surface area contributed by atoms with Gasteiger partial charge in [-0.2, -0.15) is 0 Å². The number of aryl methyl sites for hydroxylation is 1. The minimum Gasteiger partial charge on any atom is -0.497 e. The van der Waals surface area contributed by atoms with Gasteiger partial charge < -0.3 is 24.5 Å². The summed E-state index contributed by atoms with van der Waals surface area (Å²) in [6.45, 7) is 1.90. The Morgan fingerprint density at radius 2 is 2.06 bits per heavy atom. The first-order chi connectivity index (χ1) is 15.0. The van der Waals surface area contributed by atoms with Crippen molar-refractivity contribution in [2.75, 3.05) is 19.0 Å². The van der Waals surface area contributed by atoms with E-state index in [1.807, 2.05) is 43.3 Å². The van der Waals surface area contributed by atoms with Crippen LogP contribution in [0, 0.1) is 0 Å². The average molecular weight is 421 g/mol. The van der Waals surface area contributed by atoms with Gasteiger partial charge in [-0.3, -0.25) is 9.59 Å². The molecule has 0 fully saturated rings. The Labute approximate surface area is 179 Å². The van der Waals surface area contributed by atoms with Gasteiger partial charge in [0.2, 0.25) is 5.91 Å². The molecule has 160 valence electrons. The van der Waals surface area contributed by atoms with Gasteiger partial charge in [-0.25, -0.2) is 4.98 Å². The van der Waals surface area contributed by atoms with E-state index in [2.05, 4.69) is 15.6 Å². The van der Waals surface area contributed by atoms with Crippen LogP contribution in [0.5, 0.6) is 11.5 Å². The SMILES string of the molecule is COc1ccc(-c2cnc(CCC(=O)NC(C)c3ccc4c(c3)NC(=O)CO4)o2)cc1. The molecule has 2 N–H and O–H groups in total. The van der Waals surface area contributed by atoms with Crippen LogP contribution >= 0.6 is 0 Å². The number of rotatable bonds is 7. The highest BCUT2D eigenvalue weighted by Crippen LogP contribution is 2.30. The summed E-state index contributed by atoms with van der Waals surface area (Å²) in [6.07, 6.45) is 2.29. The number of hydrogen-bond donors (Lipinski definition) is 2. The molecule has 1 aromatic heterocycles. The number of hydrogen-bond acceptors (Lipinski definition) is 6. The van der Waals surface area contributed by atoms with Gasteiger partial charge in [-0.1, -0.05) is 6.07 Å². The van der Waals surface area contributed by atoms with Crippen LogP contribution in [-0.4, -0.2) is 30.5 Å². The molecule has 8 nitrogen and oxygen atoms in total. The lowest BCUT2D eigenvalue weighted by Crippen LogP contribution is -2.28. The second-order valence-electron chi connectivity index (χ2n) is 7.23. The normalized spacial score (nSPS) is 13.5. The number of nitrogens with one attached hydrogen (secondary N) is 2. The molecule has 8 heteroatoms. The summed E-state index contributed by atoms with van der Waals surface area (Å²) in [4.78, 5) is 28.2. The number of benzene rings is 2. The number of anilines is 1. The van der Waals surface area contributed by atoms with E-state index >= 15 is 0 Å². The van der Waals surface area contributed by atoms with Crippen LogP contribution < -0.4 is 20.1 Å². The first kappa shape index (κ1) is 20.5. The summed E-state index contributed by atoms with van der Waals surface area (Å²) in [5, 5.41) is 5.73. The van der Waals surface area contributed by atoms with E-state index in [9.17, 15) is 9.59 Å². The Kier molecular flexibility index (Phi) is 5.88. The molecule has 2 amide bonds. The third-order valence-electron chi connectivity index (χ3n) is 5.01. The molecule has 3 aromatic rings. The van der Waals surface area contributed by atoms with Gasteiger partial charge in [0.1, 0.15) is 11.5 Å². The van der Waals surface area contributed by atoms with Crippen LogP contribution in [0.15, 0.2) is 53.1 Å². The highest BCUT2D eigenvalue weighted by Gasteiger charge is 2.18. The Balaban J connectivity index is 1.31. The first-order valence-electron chi connectivity index (χ1n) is 9.97. The number of fused-ring (bicyclic) bond motifs is 1. The highest BCUT2D eigenvalue weighted by atomic mass is 16.5. The second kappa shape index (κ2) is 8.91. The van der Waals surface area contributed by atoms with E-state index in [0.29, 0.717) is 29.5 Å². The monoisotopic (exact) mass is 421 g/mol. The molecule has 0 aliphatic carbocycles. The van der Waals surface area contributed by atoms with Crippen molar-refractivity contribution >= 4 is 17.5 Å². The van der Waals surface area contributed by atoms with Crippen molar-refractivity contribution in [2.24, 2.45) is 0 Å². The maximum absolute atomic E-state index is 12.4. The fourth-order valence-corrected chi connectivity index (χ4v) is 3.30. The molecule has 0 radical (unpaired) electrons. The van der Waals surface area contributed by atoms with E-state index in [0.717, 1.165) is 16.9 Å². The minimum atomic E-state index is -0.226. The lowest BCUT2D eigenvalue weighted by molar-refractivity contribution is -0.122. The van der Waals surface area contributed by atoms with E-state index in [-0.39, 0.29) is 30.9 Å². The van der Waals surface area contributed by atoms with Crippen molar-refractivity contribution in [3.05, 3.63) is 60.1 Å². The predicted octanol–water partition coefficient (Wildman–Crippen LogP) is 3.49. The lowest BCUT2D eigenvalue weighted by Gasteiger charge is -2.21. The van der Waals surface area contributed by atoms with E-state index < -0.39 is 0 Å². The number of aromatic nitrogens is 1. The summed E-state index contributed by atoms with van der Waals surface area (Å²) < 4.78 is 16.3. The van der Waals surface area contributed by atoms with Crippen molar-refractivity contribution in [1.29, 1.82) is 0 Å². The molecule has 0 spiro atoms. The Hall–Kier alpha value is -3.81. The minimum absolute atomic E-state index is 0.0135. The summed E-state index contributed by atoms with van der Waals surface area (Å²) >= 11 is 0. The Bertz CT molecular complexity index is 1090. The van der Waals surface area contributed by atoms with Crippen LogP contribution in [0.1, 0.15) is 30.8 Å². The van der Waals surface area contributed by atoms with Gasteiger partial charge in [0.05, 0.1) is 25.0 Å². The Morgan fingerprint density at radius 1 is 1.26 bits per heavy atom. The third kappa shape index (κ3) is 4.85. The fourth-order valence-electron chi connectivity index (χ4n) is 3.30. The van der Waals surface area contributed by atoms with Gasteiger partial charge in [-0.05, 0) is 48.9 Å². The second-order valence-corrected chi connectivity index (χ2v) is 7.23.